The molecule has 7 nitrogen and oxygen atoms in total. The summed E-state index contributed by atoms with van der Waals surface area (Å²) in [4.78, 5) is 22.7. The highest BCUT2D eigenvalue weighted by Gasteiger charge is 2.16. The Morgan fingerprint density at radius 2 is 2.00 bits per heavy atom. The number of aliphatic hydroxyl groups excluding tert-OH is 1. The first-order chi connectivity index (χ1) is 8.70. The Balaban J connectivity index is 1.97. The molecular weight excluding hydrogens is 240 g/mol. The summed E-state index contributed by atoms with van der Waals surface area (Å²) in [6.45, 7) is -0.0415. The first-order valence-corrected chi connectivity index (χ1v) is 5.30. The number of fused-ring (bicyclic) bond motifs is 1. The van der Waals surface area contributed by atoms with Crippen molar-refractivity contribution < 1.29 is 24.2 Å². The smallest absolute Gasteiger partial charge is 0.313 e. The van der Waals surface area contributed by atoms with Crippen LogP contribution in [-0.2, 0) is 9.59 Å². The van der Waals surface area contributed by atoms with Crippen molar-refractivity contribution in [1.82, 2.24) is 5.32 Å². The number of rotatable bonds is 3. The molecule has 0 saturated heterocycles. The van der Waals surface area contributed by atoms with E-state index in [-0.39, 0.29) is 19.9 Å². The van der Waals surface area contributed by atoms with Crippen molar-refractivity contribution in [3.05, 3.63) is 18.2 Å². The van der Waals surface area contributed by atoms with Crippen LogP contribution in [0.15, 0.2) is 18.2 Å². The van der Waals surface area contributed by atoms with Gasteiger partial charge in [-0.2, -0.15) is 0 Å². The molecule has 1 heterocycles. The summed E-state index contributed by atoms with van der Waals surface area (Å²) >= 11 is 0. The van der Waals surface area contributed by atoms with E-state index in [1.165, 1.54) is 0 Å². The Kier molecular flexibility index (Phi) is 3.63. The van der Waals surface area contributed by atoms with Crippen LogP contribution in [0.5, 0.6) is 11.5 Å². The first kappa shape index (κ1) is 12.2. The zero-order valence-corrected chi connectivity index (χ0v) is 9.43. The SMILES string of the molecule is O=C(NCCO)C(=O)Nc1ccc2c(c1)OCO2. The van der Waals surface area contributed by atoms with E-state index in [0.717, 1.165) is 0 Å². The van der Waals surface area contributed by atoms with Gasteiger partial charge in [0.1, 0.15) is 0 Å². The van der Waals surface area contributed by atoms with E-state index >= 15 is 0 Å². The molecule has 0 spiro atoms. The van der Waals surface area contributed by atoms with Crippen molar-refractivity contribution in [2.24, 2.45) is 0 Å². The number of hydrogen-bond donors (Lipinski definition) is 3. The highest BCUT2D eigenvalue weighted by molar-refractivity contribution is 6.39. The third-order valence-electron chi connectivity index (χ3n) is 2.23. The molecule has 3 N–H and O–H groups in total. The topological polar surface area (TPSA) is 96.9 Å². The Hall–Kier alpha value is -2.28. The minimum absolute atomic E-state index is 0.0351. The average Bonchev–Trinajstić information content (AvgIpc) is 2.83. The van der Waals surface area contributed by atoms with Crippen LogP contribution in [0, 0.1) is 0 Å². The van der Waals surface area contributed by atoms with Gasteiger partial charge in [-0.05, 0) is 12.1 Å². The molecule has 2 rings (SSSR count). The number of hydrogen-bond acceptors (Lipinski definition) is 5. The number of carbonyl (C=O) groups is 2. The van der Waals surface area contributed by atoms with E-state index in [1.54, 1.807) is 18.2 Å². The standard InChI is InChI=1S/C11H12N2O5/c14-4-3-12-10(15)11(16)13-7-1-2-8-9(5-7)18-6-17-8/h1-2,5,14H,3-4,6H2,(H,12,15)(H,13,16). The van der Waals surface area contributed by atoms with E-state index in [4.69, 9.17) is 14.6 Å². The normalized spacial score (nSPS) is 12.1. The van der Waals surface area contributed by atoms with Crippen molar-refractivity contribution in [3.8, 4) is 11.5 Å². The minimum atomic E-state index is -0.804. The van der Waals surface area contributed by atoms with Crippen LogP contribution in [-0.4, -0.2) is 36.9 Å². The van der Waals surface area contributed by atoms with Gasteiger partial charge < -0.3 is 25.2 Å². The molecule has 1 aromatic carbocycles. The van der Waals surface area contributed by atoms with Crippen molar-refractivity contribution in [1.29, 1.82) is 0 Å². The molecule has 96 valence electrons. The number of aliphatic hydroxyl groups is 1. The van der Waals surface area contributed by atoms with E-state index < -0.39 is 11.8 Å². The molecule has 0 aliphatic carbocycles. The third kappa shape index (κ3) is 2.69. The van der Waals surface area contributed by atoms with Crippen LogP contribution < -0.4 is 20.1 Å². The van der Waals surface area contributed by atoms with Crippen LogP contribution in [0.1, 0.15) is 0 Å². The van der Waals surface area contributed by atoms with Gasteiger partial charge in [-0.15, -0.1) is 0 Å². The molecule has 0 unspecified atom stereocenters. The Bertz CT molecular complexity index is 475. The summed E-state index contributed by atoms with van der Waals surface area (Å²) in [5.74, 6) is -0.495. The molecule has 0 aromatic heterocycles. The Labute approximate surface area is 103 Å². The monoisotopic (exact) mass is 252 g/mol. The van der Waals surface area contributed by atoms with Crippen molar-refractivity contribution in [2.75, 3.05) is 25.3 Å². The lowest BCUT2D eigenvalue weighted by molar-refractivity contribution is -0.136. The predicted molar refractivity (Wildman–Crippen MR) is 61.3 cm³/mol. The Morgan fingerprint density at radius 1 is 1.22 bits per heavy atom. The highest BCUT2D eigenvalue weighted by Crippen LogP contribution is 2.34. The second-order valence-electron chi connectivity index (χ2n) is 3.50. The van der Waals surface area contributed by atoms with Gasteiger partial charge in [0, 0.05) is 18.3 Å². The lowest BCUT2D eigenvalue weighted by Gasteiger charge is -2.06. The first-order valence-electron chi connectivity index (χ1n) is 5.30. The zero-order chi connectivity index (χ0) is 13.0. The maximum absolute atomic E-state index is 11.4. The summed E-state index contributed by atoms with van der Waals surface area (Å²) in [5, 5.41) is 13.2. The van der Waals surface area contributed by atoms with Crippen molar-refractivity contribution >= 4 is 17.5 Å². The average molecular weight is 252 g/mol. The number of nitrogens with one attached hydrogen (secondary N) is 2. The van der Waals surface area contributed by atoms with E-state index in [1.807, 2.05) is 0 Å². The van der Waals surface area contributed by atoms with Crippen molar-refractivity contribution in [3.63, 3.8) is 0 Å². The number of anilines is 1. The number of benzene rings is 1. The van der Waals surface area contributed by atoms with E-state index in [9.17, 15) is 9.59 Å². The summed E-state index contributed by atoms with van der Waals surface area (Å²) in [6.07, 6.45) is 0. The number of ether oxygens (including phenoxy) is 2. The van der Waals surface area contributed by atoms with Crippen LogP contribution in [0.4, 0.5) is 5.69 Å². The van der Waals surface area contributed by atoms with Crippen LogP contribution in [0.3, 0.4) is 0 Å². The molecule has 7 heteroatoms. The van der Waals surface area contributed by atoms with Gasteiger partial charge in [0.15, 0.2) is 11.5 Å². The van der Waals surface area contributed by atoms with Crippen LogP contribution in [0.2, 0.25) is 0 Å². The molecule has 0 radical (unpaired) electrons. The maximum atomic E-state index is 11.4. The van der Waals surface area contributed by atoms with Gasteiger partial charge in [-0.3, -0.25) is 9.59 Å². The fourth-order valence-corrected chi connectivity index (χ4v) is 1.41. The molecule has 0 saturated carbocycles. The second kappa shape index (κ2) is 5.37. The molecule has 0 fully saturated rings. The third-order valence-corrected chi connectivity index (χ3v) is 2.23. The molecule has 2 amide bonds. The van der Waals surface area contributed by atoms with Gasteiger partial charge in [0.05, 0.1) is 6.61 Å². The highest BCUT2D eigenvalue weighted by atomic mass is 16.7. The van der Waals surface area contributed by atoms with Gasteiger partial charge in [-0.1, -0.05) is 0 Å². The summed E-state index contributed by atoms with van der Waals surface area (Å²) < 4.78 is 10.3. The molecule has 0 bridgehead atoms. The molecular formula is C11H12N2O5. The fourth-order valence-electron chi connectivity index (χ4n) is 1.41. The maximum Gasteiger partial charge on any atom is 0.313 e. The summed E-state index contributed by atoms with van der Waals surface area (Å²) in [5.41, 5.74) is 0.434. The Morgan fingerprint density at radius 3 is 2.78 bits per heavy atom. The van der Waals surface area contributed by atoms with Gasteiger partial charge >= 0.3 is 11.8 Å². The van der Waals surface area contributed by atoms with Crippen LogP contribution in [0.25, 0.3) is 0 Å². The predicted octanol–water partition coefficient (Wildman–Crippen LogP) is -0.538. The molecule has 1 aliphatic heterocycles. The summed E-state index contributed by atoms with van der Waals surface area (Å²) in [7, 11) is 0. The molecule has 0 atom stereocenters. The van der Waals surface area contributed by atoms with Crippen molar-refractivity contribution in [2.45, 2.75) is 0 Å². The molecule has 18 heavy (non-hydrogen) atoms. The van der Waals surface area contributed by atoms with E-state index in [2.05, 4.69) is 10.6 Å². The number of carbonyl (C=O) groups excluding carboxylic acids is 2. The van der Waals surface area contributed by atoms with Gasteiger partial charge in [-0.25, -0.2) is 0 Å². The second-order valence-corrected chi connectivity index (χ2v) is 3.50. The van der Waals surface area contributed by atoms with Gasteiger partial charge in [0.2, 0.25) is 6.79 Å². The lowest BCUT2D eigenvalue weighted by Crippen LogP contribution is -2.36. The molecule has 1 aromatic rings. The minimum Gasteiger partial charge on any atom is -0.454 e. The van der Waals surface area contributed by atoms with Gasteiger partial charge in [0.25, 0.3) is 0 Å². The number of amides is 2. The largest absolute Gasteiger partial charge is 0.454 e. The lowest BCUT2D eigenvalue weighted by atomic mass is 10.2. The molecule has 1 aliphatic rings. The summed E-state index contributed by atoms with van der Waals surface area (Å²) in [6, 6.07) is 4.81. The van der Waals surface area contributed by atoms with E-state index in [0.29, 0.717) is 17.2 Å². The quantitative estimate of drug-likeness (QED) is 0.628. The zero-order valence-electron chi connectivity index (χ0n) is 9.43. The van der Waals surface area contributed by atoms with Crippen LogP contribution >= 0.6 is 0 Å². The fraction of sp³-hybridized carbons (Fsp3) is 0.273.